The third-order valence-electron chi connectivity index (χ3n) is 6.20. The number of anilines is 1. The maximum atomic E-state index is 5.93. The highest BCUT2D eigenvalue weighted by Crippen LogP contribution is 2.42. The quantitative estimate of drug-likeness (QED) is 0.452. The second-order valence-corrected chi connectivity index (χ2v) is 8.76. The number of rotatable bonds is 11. The van der Waals surface area contributed by atoms with Crippen LogP contribution in [0.3, 0.4) is 0 Å². The Morgan fingerprint density at radius 2 is 1.88 bits per heavy atom. The lowest BCUT2D eigenvalue weighted by Crippen LogP contribution is -2.20. The standard InChI is InChI=1S/C25H36N4O2S/c1-6-16(7-2)27-25-20(9-4)28-24(19(8-3)29-25)18-12-15-10-11-21(31-14-23(26)32)17(15)13-22(18)30-5/h12-13,16,21H,6-11,14H2,1-5H3,(H2,26,32)(H,27,29). The first-order valence-electron chi connectivity index (χ1n) is 11.7. The molecule has 0 spiro atoms. The summed E-state index contributed by atoms with van der Waals surface area (Å²) in [6.45, 7) is 8.94. The van der Waals surface area contributed by atoms with E-state index in [1.807, 2.05) is 0 Å². The second-order valence-electron chi connectivity index (χ2n) is 8.24. The summed E-state index contributed by atoms with van der Waals surface area (Å²) in [4.78, 5) is 10.5. The Labute approximate surface area is 197 Å². The lowest BCUT2D eigenvalue weighted by atomic mass is 10.00. The predicted molar refractivity (Wildman–Crippen MR) is 135 cm³/mol. The normalized spacial score (nSPS) is 15.1. The Morgan fingerprint density at radius 3 is 2.47 bits per heavy atom. The highest BCUT2D eigenvalue weighted by molar-refractivity contribution is 7.80. The van der Waals surface area contributed by atoms with E-state index in [-0.39, 0.29) is 6.10 Å². The summed E-state index contributed by atoms with van der Waals surface area (Å²) in [6, 6.07) is 4.69. The molecule has 0 amide bonds. The van der Waals surface area contributed by atoms with Gasteiger partial charge in [0.05, 0.1) is 41.9 Å². The van der Waals surface area contributed by atoms with Gasteiger partial charge in [-0.3, -0.25) is 0 Å². The van der Waals surface area contributed by atoms with Crippen molar-refractivity contribution >= 4 is 23.0 Å². The molecular formula is C25H36N4O2S. The molecule has 0 bridgehead atoms. The van der Waals surface area contributed by atoms with Crippen molar-refractivity contribution < 1.29 is 9.47 Å². The monoisotopic (exact) mass is 456 g/mol. The summed E-state index contributed by atoms with van der Waals surface area (Å²) >= 11 is 4.97. The number of thiocarbonyl (C=S) groups is 1. The highest BCUT2D eigenvalue weighted by Gasteiger charge is 2.27. The lowest BCUT2D eigenvalue weighted by Gasteiger charge is -2.21. The predicted octanol–water partition coefficient (Wildman–Crippen LogP) is 5.17. The lowest BCUT2D eigenvalue weighted by molar-refractivity contribution is 0.0836. The maximum absolute atomic E-state index is 5.93. The minimum absolute atomic E-state index is 0.0102. The van der Waals surface area contributed by atoms with Gasteiger partial charge >= 0.3 is 0 Å². The first kappa shape index (κ1) is 24.4. The molecule has 0 fully saturated rings. The summed E-state index contributed by atoms with van der Waals surface area (Å²) in [7, 11) is 1.70. The smallest absolute Gasteiger partial charge is 0.148 e. The SMILES string of the molecule is CCc1nc(-c2cc3c(cc2OC)C(OCC(N)=S)CC3)c(CC)nc1NC(CC)CC. The fourth-order valence-electron chi connectivity index (χ4n) is 4.32. The third kappa shape index (κ3) is 5.21. The fourth-order valence-corrected chi connectivity index (χ4v) is 4.39. The summed E-state index contributed by atoms with van der Waals surface area (Å²) in [5.74, 6) is 1.70. The molecule has 2 aromatic rings. The highest BCUT2D eigenvalue weighted by atomic mass is 32.1. The van der Waals surface area contributed by atoms with Gasteiger partial charge in [-0.2, -0.15) is 0 Å². The average molecular weight is 457 g/mol. The largest absolute Gasteiger partial charge is 0.496 e. The number of nitrogens with zero attached hydrogens (tertiary/aromatic N) is 2. The van der Waals surface area contributed by atoms with E-state index in [1.54, 1.807) is 7.11 Å². The Hall–Kier alpha value is -2.25. The molecule has 0 saturated heterocycles. The Morgan fingerprint density at radius 1 is 1.16 bits per heavy atom. The van der Waals surface area contributed by atoms with Crippen LogP contribution in [0.25, 0.3) is 11.3 Å². The molecule has 0 aliphatic heterocycles. The molecule has 3 N–H and O–H groups in total. The zero-order valence-corrected chi connectivity index (χ0v) is 20.8. The van der Waals surface area contributed by atoms with Gasteiger partial charge in [-0.25, -0.2) is 9.97 Å². The molecule has 1 aromatic carbocycles. The van der Waals surface area contributed by atoms with Crippen molar-refractivity contribution in [1.82, 2.24) is 9.97 Å². The van der Waals surface area contributed by atoms with Crippen LogP contribution in [-0.4, -0.2) is 34.7 Å². The molecule has 7 heteroatoms. The van der Waals surface area contributed by atoms with Crippen molar-refractivity contribution in [3.63, 3.8) is 0 Å². The first-order valence-corrected chi connectivity index (χ1v) is 12.1. The molecule has 0 saturated carbocycles. The number of ether oxygens (including phenoxy) is 2. The molecule has 1 aliphatic rings. The number of benzene rings is 1. The first-order chi connectivity index (χ1) is 15.4. The Kier molecular flexibility index (Phi) is 8.43. The molecule has 6 nitrogen and oxygen atoms in total. The molecule has 0 radical (unpaired) electrons. The number of hydrogen-bond acceptors (Lipinski definition) is 6. The summed E-state index contributed by atoms with van der Waals surface area (Å²) in [5.41, 5.74) is 11.9. The van der Waals surface area contributed by atoms with Crippen LogP contribution in [0, 0.1) is 0 Å². The van der Waals surface area contributed by atoms with Gasteiger partial charge in [0.25, 0.3) is 0 Å². The van der Waals surface area contributed by atoms with Crippen molar-refractivity contribution in [3.05, 3.63) is 34.6 Å². The Bertz CT molecular complexity index is 959. The van der Waals surface area contributed by atoms with Gasteiger partial charge in [0.15, 0.2) is 0 Å². The van der Waals surface area contributed by atoms with Gasteiger partial charge in [-0.1, -0.05) is 39.9 Å². The van der Waals surface area contributed by atoms with E-state index in [1.165, 1.54) is 5.56 Å². The summed E-state index contributed by atoms with van der Waals surface area (Å²) < 4.78 is 11.7. The zero-order chi connectivity index (χ0) is 23.3. The van der Waals surface area contributed by atoms with Crippen molar-refractivity contribution in [3.8, 4) is 17.0 Å². The molecule has 1 aliphatic carbocycles. The van der Waals surface area contributed by atoms with Crippen LogP contribution < -0.4 is 15.8 Å². The Balaban J connectivity index is 2.04. The minimum Gasteiger partial charge on any atom is -0.496 e. The third-order valence-corrected chi connectivity index (χ3v) is 6.32. The number of hydrogen-bond donors (Lipinski definition) is 2. The van der Waals surface area contributed by atoms with Crippen LogP contribution in [0.2, 0.25) is 0 Å². The number of nitrogens with two attached hydrogens (primary N) is 1. The van der Waals surface area contributed by atoms with E-state index in [0.29, 0.717) is 17.6 Å². The van der Waals surface area contributed by atoms with Gasteiger partial charge in [-0.15, -0.1) is 0 Å². The molecule has 1 heterocycles. The van der Waals surface area contributed by atoms with Gasteiger partial charge in [0.1, 0.15) is 11.6 Å². The topological polar surface area (TPSA) is 82.3 Å². The molecule has 1 unspecified atom stereocenters. The van der Waals surface area contributed by atoms with Gasteiger partial charge in [-0.05, 0) is 61.8 Å². The van der Waals surface area contributed by atoms with Crippen LogP contribution in [0.15, 0.2) is 12.1 Å². The van der Waals surface area contributed by atoms with E-state index in [0.717, 1.165) is 78.3 Å². The molecule has 32 heavy (non-hydrogen) atoms. The minimum atomic E-state index is -0.0102. The fraction of sp³-hybridized carbons (Fsp3) is 0.560. The van der Waals surface area contributed by atoms with Crippen molar-refractivity contribution in [2.45, 2.75) is 78.4 Å². The van der Waals surface area contributed by atoms with E-state index in [9.17, 15) is 0 Å². The van der Waals surface area contributed by atoms with Crippen LogP contribution in [-0.2, 0) is 24.0 Å². The average Bonchev–Trinajstić information content (AvgIpc) is 3.21. The molecule has 1 aromatic heterocycles. The molecule has 1 atom stereocenters. The van der Waals surface area contributed by atoms with E-state index in [2.05, 4.69) is 45.1 Å². The zero-order valence-electron chi connectivity index (χ0n) is 20.0. The van der Waals surface area contributed by atoms with Gasteiger partial charge in [0.2, 0.25) is 0 Å². The molecule has 3 rings (SSSR count). The van der Waals surface area contributed by atoms with Gasteiger partial charge < -0.3 is 20.5 Å². The number of aromatic nitrogens is 2. The number of fused-ring (bicyclic) bond motifs is 1. The molecular weight excluding hydrogens is 420 g/mol. The van der Waals surface area contributed by atoms with Crippen molar-refractivity contribution in [2.24, 2.45) is 5.73 Å². The molecule has 174 valence electrons. The summed E-state index contributed by atoms with van der Waals surface area (Å²) in [5, 5.41) is 3.61. The van der Waals surface area contributed by atoms with Crippen molar-refractivity contribution in [2.75, 3.05) is 19.0 Å². The number of methoxy groups -OCH3 is 1. The van der Waals surface area contributed by atoms with Crippen LogP contribution in [0.1, 0.15) is 75.6 Å². The number of nitrogens with one attached hydrogen (secondary N) is 1. The van der Waals surface area contributed by atoms with Crippen LogP contribution in [0.4, 0.5) is 5.82 Å². The number of aryl methyl sites for hydroxylation is 3. The van der Waals surface area contributed by atoms with Crippen molar-refractivity contribution in [1.29, 1.82) is 0 Å². The summed E-state index contributed by atoms with van der Waals surface area (Å²) in [6.07, 6.45) is 5.57. The maximum Gasteiger partial charge on any atom is 0.148 e. The van der Waals surface area contributed by atoms with E-state index < -0.39 is 0 Å². The van der Waals surface area contributed by atoms with Crippen LogP contribution in [0.5, 0.6) is 5.75 Å². The van der Waals surface area contributed by atoms with Crippen LogP contribution >= 0.6 is 12.2 Å². The van der Waals surface area contributed by atoms with E-state index >= 15 is 0 Å². The van der Waals surface area contributed by atoms with Gasteiger partial charge in [0, 0.05) is 11.6 Å². The second kappa shape index (κ2) is 11.1. The van der Waals surface area contributed by atoms with E-state index in [4.69, 9.17) is 37.4 Å².